The molecule has 2 aromatic heterocycles. The van der Waals surface area contributed by atoms with E-state index in [1.54, 1.807) is 27.3 Å². The maximum atomic E-state index is 12.8. The lowest BCUT2D eigenvalue weighted by atomic mass is 10.0. The molecule has 0 unspecified atom stereocenters. The summed E-state index contributed by atoms with van der Waals surface area (Å²) in [5.74, 6) is 2.85. The van der Waals surface area contributed by atoms with Gasteiger partial charge in [0.2, 0.25) is 0 Å². The monoisotopic (exact) mass is 636 g/mol. The number of esters is 1. The van der Waals surface area contributed by atoms with Crippen molar-refractivity contribution in [3.8, 4) is 16.9 Å². The van der Waals surface area contributed by atoms with E-state index >= 15 is 0 Å². The molecule has 1 amide bonds. The number of benzene rings is 1. The van der Waals surface area contributed by atoms with Crippen molar-refractivity contribution in [3.05, 3.63) is 62.9 Å². The summed E-state index contributed by atoms with van der Waals surface area (Å²) < 4.78 is 17.6. The number of rotatable bonds is 6. The smallest absolute Gasteiger partial charge is 0.410 e. The molecule has 0 radical (unpaired) electrons. The van der Waals surface area contributed by atoms with Crippen LogP contribution in [0.1, 0.15) is 50.2 Å². The van der Waals surface area contributed by atoms with Crippen LogP contribution < -0.4 is 4.74 Å². The first-order valence-corrected chi connectivity index (χ1v) is 15.3. The van der Waals surface area contributed by atoms with E-state index in [9.17, 15) is 14.4 Å². The second-order valence-corrected chi connectivity index (χ2v) is 12.8. The third-order valence-corrected chi connectivity index (χ3v) is 8.41. The summed E-state index contributed by atoms with van der Waals surface area (Å²) in [6, 6.07) is 7.29. The molecule has 12 heteroatoms. The van der Waals surface area contributed by atoms with Gasteiger partial charge in [-0.1, -0.05) is 11.6 Å². The number of halogens is 1. The van der Waals surface area contributed by atoms with E-state index in [2.05, 4.69) is 10.9 Å². The summed E-state index contributed by atoms with van der Waals surface area (Å²) in [5, 5.41) is 2.26. The zero-order valence-electron chi connectivity index (χ0n) is 25.4. The van der Waals surface area contributed by atoms with Crippen LogP contribution in [0.3, 0.4) is 0 Å². The number of amides is 1. The predicted molar refractivity (Wildman–Crippen MR) is 170 cm³/mol. The average Bonchev–Trinajstić information content (AvgIpc) is 3.39. The molecule has 3 aromatic rings. The van der Waals surface area contributed by atoms with E-state index in [0.717, 1.165) is 27.2 Å². The van der Waals surface area contributed by atoms with Gasteiger partial charge in [-0.05, 0) is 58.9 Å². The van der Waals surface area contributed by atoms with Crippen molar-refractivity contribution in [1.82, 2.24) is 14.8 Å². The second kappa shape index (κ2) is 12.4. The Balaban J connectivity index is 1.37. The van der Waals surface area contributed by atoms with E-state index in [1.165, 1.54) is 18.4 Å². The quantitative estimate of drug-likeness (QED) is 0.225. The molecule has 0 saturated heterocycles. The van der Waals surface area contributed by atoms with Gasteiger partial charge in [0, 0.05) is 45.8 Å². The second-order valence-electron chi connectivity index (χ2n) is 11.5. The molecule has 4 heterocycles. The Morgan fingerprint density at radius 2 is 1.93 bits per heavy atom. The predicted octanol–water partition coefficient (Wildman–Crippen LogP) is 6.43. The lowest BCUT2D eigenvalue weighted by molar-refractivity contribution is 0.0258. The van der Waals surface area contributed by atoms with Crippen LogP contribution in [0, 0.1) is 6.92 Å². The van der Waals surface area contributed by atoms with Gasteiger partial charge in [-0.15, -0.1) is 11.3 Å². The van der Waals surface area contributed by atoms with Gasteiger partial charge in [-0.3, -0.25) is 4.98 Å². The molecule has 0 aliphatic carbocycles. The largest absolute Gasteiger partial charge is 0.491 e. The number of nitrogens with zero attached hydrogens (tertiary/aromatic N) is 4. The topological polar surface area (TPSA) is 111 Å². The number of pyridine rings is 1. The Morgan fingerprint density at radius 3 is 2.64 bits per heavy atom. The zero-order valence-corrected chi connectivity index (χ0v) is 27.0. The highest BCUT2D eigenvalue weighted by atomic mass is 35.5. The molecule has 44 heavy (non-hydrogen) atoms. The van der Waals surface area contributed by atoms with Crippen molar-refractivity contribution in [1.29, 1.82) is 0 Å². The minimum absolute atomic E-state index is 0.204. The number of amidine groups is 1. The molecule has 230 valence electrons. The number of aryl methyl sites for hydroxylation is 1. The van der Waals surface area contributed by atoms with E-state index in [4.69, 9.17) is 30.8 Å². The number of hydrogen-bond acceptors (Lipinski definition) is 10. The molecule has 10 nitrogen and oxygen atoms in total. The molecule has 1 aromatic carbocycles. The molecule has 5 rings (SSSR count). The SMILES string of the molecule is COC(=O)c1csc2c(-c3cc(Cl)ccc3OCCN3C(=C=O)C4=C(CCN(C(=O)OC(C)(C)C)C4)N=C3C)cc(C)nc12. The van der Waals surface area contributed by atoms with Crippen LogP contribution >= 0.6 is 22.9 Å². The minimum atomic E-state index is -0.631. The maximum absolute atomic E-state index is 12.8. The minimum Gasteiger partial charge on any atom is -0.491 e. The van der Waals surface area contributed by atoms with Crippen LogP contribution in [0.2, 0.25) is 5.02 Å². The average molecular weight is 637 g/mol. The van der Waals surface area contributed by atoms with Gasteiger partial charge in [0.1, 0.15) is 29.5 Å². The molecule has 0 bridgehead atoms. The molecule has 0 N–H and O–H groups in total. The Bertz CT molecular complexity index is 1770. The van der Waals surface area contributed by atoms with E-state index in [1.807, 2.05) is 46.8 Å². The van der Waals surface area contributed by atoms with Crippen molar-refractivity contribution < 1.29 is 28.6 Å². The number of aromatic nitrogens is 1. The van der Waals surface area contributed by atoms with Crippen LogP contribution in [-0.4, -0.2) is 77.6 Å². The van der Waals surface area contributed by atoms with Gasteiger partial charge in [0.15, 0.2) is 5.94 Å². The zero-order chi connectivity index (χ0) is 31.8. The normalized spacial score (nSPS) is 15.2. The number of hydrogen-bond donors (Lipinski definition) is 0. The highest BCUT2D eigenvalue weighted by Crippen LogP contribution is 2.40. The number of carbonyl (C=O) groups is 2. The number of thiophene rings is 1. The number of fused-ring (bicyclic) bond motifs is 1. The van der Waals surface area contributed by atoms with Crippen LogP contribution in [0.15, 0.2) is 51.6 Å². The Labute approximate surface area is 264 Å². The van der Waals surface area contributed by atoms with Gasteiger partial charge in [-0.2, -0.15) is 0 Å². The number of methoxy groups -OCH3 is 1. The van der Waals surface area contributed by atoms with Crippen molar-refractivity contribution in [2.45, 2.75) is 46.6 Å². The van der Waals surface area contributed by atoms with E-state index < -0.39 is 17.7 Å². The summed E-state index contributed by atoms with van der Waals surface area (Å²) in [5.41, 5.74) is 4.38. The number of aliphatic imine (C=N–C) groups is 1. The standard InChI is InChI=1S/C32H33ClN4O6S/c1-18-13-22(29-28(34-18)24(17-44-29)30(39)41-6)21-14-20(33)7-8-27(21)42-12-11-37-19(2)35-25-9-10-36(15-23(25)26(37)16-38)31(40)43-32(3,4)5/h7-8,13-14,17H,9-12,15H2,1-6H3. The molecule has 0 spiro atoms. The van der Waals surface area contributed by atoms with E-state index in [-0.39, 0.29) is 13.2 Å². The fraction of sp³-hybridized carbons (Fsp3) is 0.375. The number of ether oxygens (including phenoxy) is 3. The van der Waals surface area contributed by atoms with Crippen LogP contribution in [-0.2, 0) is 14.3 Å². The number of carbonyl (C=O) groups excluding carboxylic acids is 3. The first-order valence-electron chi connectivity index (χ1n) is 14.1. The summed E-state index contributed by atoms with van der Waals surface area (Å²) in [6.07, 6.45) is 0.0751. The molecule has 0 saturated carbocycles. The third kappa shape index (κ3) is 6.36. The van der Waals surface area contributed by atoms with Gasteiger partial charge >= 0.3 is 12.1 Å². The summed E-state index contributed by atoms with van der Waals surface area (Å²) in [6.45, 7) is 10.3. The Hall–Kier alpha value is -4.18. The van der Waals surface area contributed by atoms with E-state index in [0.29, 0.717) is 58.5 Å². The fourth-order valence-electron chi connectivity index (χ4n) is 5.22. The maximum Gasteiger partial charge on any atom is 0.410 e. The highest BCUT2D eigenvalue weighted by molar-refractivity contribution is 7.18. The van der Waals surface area contributed by atoms with Crippen LogP contribution in [0.25, 0.3) is 21.3 Å². The first kappa shape index (κ1) is 31.3. The summed E-state index contributed by atoms with van der Waals surface area (Å²) in [4.78, 5) is 50.1. The molecule has 0 atom stereocenters. The molecular formula is C32H33ClN4O6S. The van der Waals surface area contributed by atoms with Gasteiger partial charge in [0.25, 0.3) is 0 Å². The van der Waals surface area contributed by atoms with Crippen molar-refractivity contribution in [2.24, 2.45) is 4.99 Å². The van der Waals surface area contributed by atoms with Gasteiger partial charge < -0.3 is 24.0 Å². The van der Waals surface area contributed by atoms with Crippen LogP contribution in [0.5, 0.6) is 5.75 Å². The Morgan fingerprint density at radius 1 is 1.16 bits per heavy atom. The molecular weight excluding hydrogens is 604 g/mol. The molecule has 2 aliphatic heterocycles. The van der Waals surface area contributed by atoms with Crippen LogP contribution in [0.4, 0.5) is 4.79 Å². The van der Waals surface area contributed by atoms with Crippen molar-refractivity contribution >= 4 is 57.0 Å². The Kier molecular flexibility index (Phi) is 8.83. The van der Waals surface area contributed by atoms with Gasteiger partial charge in [0.05, 0.1) is 41.7 Å². The third-order valence-electron chi connectivity index (χ3n) is 7.17. The lowest BCUT2D eigenvalue weighted by Gasteiger charge is -2.37. The van der Waals surface area contributed by atoms with Gasteiger partial charge in [-0.25, -0.2) is 19.4 Å². The molecule has 2 aliphatic rings. The molecule has 0 fully saturated rings. The fourth-order valence-corrected chi connectivity index (χ4v) is 6.40. The first-order chi connectivity index (χ1) is 20.9. The summed E-state index contributed by atoms with van der Waals surface area (Å²) >= 11 is 7.82. The van der Waals surface area contributed by atoms with Crippen molar-refractivity contribution in [3.63, 3.8) is 0 Å². The van der Waals surface area contributed by atoms with Crippen molar-refractivity contribution in [2.75, 3.05) is 33.4 Å². The lowest BCUT2D eigenvalue weighted by Crippen LogP contribution is -2.44. The summed E-state index contributed by atoms with van der Waals surface area (Å²) in [7, 11) is 1.34. The highest BCUT2D eigenvalue weighted by Gasteiger charge is 2.33.